The maximum absolute atomic E-state index is 5.75. The average molecular weight is 246 g/mol. The van der Waals surface area contributed by atoms with Gasteiger partial charge in [-0.1, -0.05) is 0 Å². The maximum Gasteiger partial charge on any atom is 0.0314 e. The van der Waals surface area contributed by atoms with Crippen LogP contribution in [0, 0.1) is 6.92 Å². The fourth-order valence-electron chi connectivity index (χ4n) is 1.42. The highest BCUT2D eigenvalue weighted by Crippen LogP contribution is 2.50. The Hall–Kier alpha value is 0.140. The van der Waals surface area contributed by atoms with Crippen LogP contribution in [0.5, 0.6) is 0 Å². The van der Waals surface area contributed by atoms with Gasteiger partial charge in [0.25, 0.3) is 0 Å². The summed E-state index contributed by atoms with van der Waals surface area (Å²) in [6, 6.07) is 2.24. The fraction of sp³-hybridized carbons (Fsp3) is 0.556. The molecule has 1 aliphatic carbocycles. The second-order valence-corrected chi connectivity index (χ2v) is 5.61. The Kier molecular flexibility index (Phi) is 2.05. The molecule has 0 amide bonds. The van der Waals surface area contributed by atoms with Gasteiger partial charge >= 0.3 is 0 Å². The van der Waals surface area contributed by atoms with Crippen LogP contribution in [0.3, 0.4) is 0 Å². The van der Waals surface area contributed by atoms with Crippen LogP contribution in [0.25, 0.3) is 0 Å². The van der Waals surface area contributed by atoms with Crippen LogP contribution in [0.4, 0.5) is 0 Å². The minimum atomic E-state index is 0.363. The van der Waals surface area contributed by atoms with Crippen LogP contribution < -0.4 is 5.73 Å². The predicted molar refractivity (Wildman–Crippen MR) is 56.7 cm³/mol. The van der Waals surface area contributed by atoms with E-state index in [9.17, 15) is 0 Å². The van der Waals surface area contributed by atoms with Crippen molar-refractivity contribution in [2.75, 3.05) is 6.54 Å². The third-order valence-electron chi connectivity index (χ3n) is 2.62. The Morgan fingerprint density at radius 1 is 1.67 bits per heavy atom. The Balaban J connectivity index is 2.34. The van der Waals surface area contributed by atoms with Crippen LogP contribution in [0.1, 0.15) is 22.6 Å². The fourth-order valence-corrected chi connectivity index (χ4v) is 3.21. The maximum atomic E-state index is 5.75. The number of halogens is 1. The molecule has 3 heteroatoms. The molecule has 1 nitrogen and oxygen atoms in total. The SMILES string of the molecule is Cc1sc(C2(CN)CC2)cc1Br. The highest BCUT2D eigenvalue weighted by molar-refractivity contribution is 9.10. The second kappa shape index (κ2) is 2.82. The molecule has 0 bridgehead atoms. The van der Waals surface area contributed by atoms with Crippen molar-refractivity contribution in [3.63, 3.8) is 0 Å². The zero-order valence-corrected chi connectivity index (χ0v) is 9.46. The van der Waals surface area contributed by atoms with Crippen molar-refractivity contribution >= 4 is 27.3 Å². The van der Waals surface area contributed by atoms with E-state index < -0.39 is 0 Å². The zero-order chi connectivity index (χ0) is 8.77. The first-order valence-corrected chi connectivity index (χ1v) is 5.75. The summed E-state index contributed by atoms with van der Waals surface area (Å²) < 4.78 is 1.24. The van der Waals surface area contributed by atoms with Gasteiger partial charge in [0.15, 0.2) is 0 Å². The molecular weight excluding hydrogens is 234 g/mol. The molecule has 1 saturated carbocycles. The van der Waals surface area contributed by atoms with Gasteiger partial charge in [-0.3, -0.25) is 0 Å². The summed E-state index contributed by atoms with van der Waals surface area (Å²) in [6.07, 6.45) is 2.55. The first kappa shape index (κ1) is 8.73. The minimum Gasteiger partial charge on any atom is -0.330 e. The van der Waals surface area contributed by atoms with Crippen molar-refractivity contribution in [2.24, 2.45) is 5.73 Å². The van der Waals surface area contributed by atoms with Gasteiger partial charge in [0.1, 0.15) is 0 Å². The number of rotatable bonds is 2. The molecule has 66 valence electrons. The van der Waals surface area contributed by atoms with Crippen molar-refractivity contribution in [3.8, 4) is 0 Å². The van der Waals surface area contributed by atoms with Crippen LogP contribution in [0.15, 0.2) is 10.5 Å². The van der Waals surface area contributed by atoms with Crippen LogP contribution >= 0.6 is 27.3 Å². The normalized spacial score (nSPS) is 19.6. The van der Waals surface area contributed by atoms with Crippen molar-refractivity contribution in [1.29, 1.82) is 0 Å². The highest BCUT2D eigenvalue weighted by Gasteiger charge is 2.44. The van der Waals surface area contributed by atoms with E-state index in [1.807, 2.05) is 11.3 Å². The molecule has 1 fully saturated rings. The van der Waals surface area contributed by atoms with Crippen molar-refractivity contribution in [2.45, 2.75) is 25.2 Å². The van der Waals surface area contributed by atoms with Gasteiger partial charge in [-0.15, -0.1) is 11.3 Å². The topological polar surface area (TPSA) is 26.0 Å². The lowest BCUT2D eigenvalue weighted by Crippen LogP contribution is -2.18. The Morgan fingerprint density at radius 2 is 2.33 bits per heavy atom. The quantitative estimate of drug-likeness (QED) is 0.853. The number of aryl methyl sites for hydroxylation is 1. The zero-order valence-electron chi connectivity index (χ0n) is 7.06. The average Bonchev–Trinajstić information content (AvgIpc) is 2.77. The molecule has 0 aliphatic heterocycles. The number of hydrogen-bond acceptors (Lipinski definition) is 2. The smallest absolute Gasteiger partial charge is 0.0314 e. The van der Waals surface area contributed by atoms with Crippen LogP contribution in [-0.2, 0) is 5.41 Å². The molecule has 0 unspecified atom stereocenters. The molecule has 1 aliphatic rings. The lowest BCUT2D eigenvalue weighted by Gasteiger charge is -2.07. The predicted octanol–water partition coefficient (Wildman–Crippen LogP) is 2.81. The number of nitrogens with two attached hydrogens (primary N) is 1. The molecule has 1 aromatic rings. The number of hydrogen-bond donors (Lipinski definition) is 1. The summed E-state index contributed by atoms with van der Waals surface area (Å²) in [6.45, 7) is 2.95. The summed E-state index contributed by atoms with van der Waals surface area (Å²) in [5.74, 6) is 0. The molecule has 0 spiro atoms. The third kappa shape index (κ3) is 1.24. The van der Waals surface area contributed by atoms with E-state index in [1.54, 1.807) is 0 Å². The van der Waals surface area contributed by atoms with Crippen molar-refractivity contribution in [1.82, 2.24) is 0 Å². The molecule has 1 heterocycles. The molecule has 0 saturated heterocycles. The first-order valence-electron chi connectivity index (χ1n) is 4.14. The molecule has 1 aromatic heterocycles. The van der Waals surface area contributed by atoms with Gasteiger partial charge in [0.2, 0.25) is 0 Å². The van der Waals surface area contributed by atoms with Crippen LogP contribution in [-0.4, -0.2) is 6.54 Å². The van der Waals surface area contributed by atoms with Gasteiger partial charge in [0.05, 0.1) is 0 Å². The number of thiophene rings is 1. The van der Waals surface area contributed by atoms with Gasteiger partial charge in [0, 0.05) is 26.2 Å². The molecular formula is C9H12BrNS. The van der Waals surface area contributed by atoms with E-state index in [4.69, 9.17) is 5.73 Å². The molecule has 2 N–H and O–H groups in total. The monoisotopic (exact) mass is 245 g/mol. The molecule has 12 heavy (non-hydrogen) atoms. The highest BCUT2D eigenvalue weighted by atomic mass is 79.9. The van der Waals surface area contributed by atoms with Crippen molar-refractivity contribution < 1.29 is 0 Å². The Labute approximate surface area is 85.1 Å². The third-order valence-corrected chi connectivity index (χ3v) is 5.01. The molecule has 0 radical (unpaired) electrons. The van der Waals surface area contributed by atoms with E-state index >= 15 is 0 Å². The van der Waals surface area contributed by atoms with Crippen molar-refractivity contribution in [3.05, 3.63) is 20.3 Å². The Bertz CT molecular complexity index is 282. The summed E-state index contributed by atoms with van der Waals surface area (Å²) in [5.41, 5.74) is 6.11. The molecule has 0 atom stereocenters. The summed E-state index contributed by atoms with van der Waals surface area (Å²) in [5, 5.41) is 0. The first-order chi connectivity index (χ1) is 5.68. The van der Waals surface area contributed by atoms with Gasteiger partial charge in [-0.05, 0) is 41.8 Å². The van der Waals surface area contributed by atoms with E-state index in [0.29, 0.717) is 5.41 Å². The van der Waals surface area contributed by atoms with E-state index in [1.165, 1.54) is 27.1 Å². The molecule has 2 rings (SSSR count). The lowest BCUT2D eigenvalue weighted by molar-refractivity contribution is 0.720. The Morgan fingerprint density at radius 3 is 2.67 bits per heavy atom. The minimum absolute atomic E-state index is 0.363. The summed E-state index contributed by atoms with van der Waals surface area (Å²) in [7, 11) is 0. The van der Waals surface area contributed by atoms with Gasteiger partial charge < -0.3 is 5.73 Å². The van der Waals surface area contributed by atoms with E-state index in [-0.39, 0.29) is 0 Å². The molecule has 0 aromatic carbocycles. The standard InChI is InChI=1S/C9H12BrNS/c1-6-7(10)4-8(12-6)9(5-11)2-3-9/h4H,2-3,5,11H2,1H3. The van der Waals surface area contributed by atoms with E-state index in [0.717, 1.165) is 6.54 Å². The van der Waals surface area contributed by atoms with Gasteiger partial charge in [-0.2, -0.15) is 0 Å². The lowest BCUT2D eigenvalue weighted by atomic mass is 10.1. The summed E-state index contributed by atoms with van der Waals surface area (Å²) in [4.78, 5) is 2.83. The second-order valence-electron chi connectivity index (χ2n) is 3.50. The summed E-state index contributed by atoms with van der Waals surface area (Å²) >= 11 is 5.42. The van der Waals surface area contributed by atoms with E-state index in [2.05, 4.69) is 28.9 Å². The van der Waals surface area contributed by atoms with Gasteiger partial charge in [-0.25, -0.2) is 0 Å². The van der Waals surface area contributed by atoms with Crippen LogP contribution in [0.2, 0.25) is 0 Å². The largest absolute Gasteiger partial charge is 0.330 e.